The van der Waals surface area contributed by atoms with Crippen LogP contribution in [0.15, 0.2) is 31.2 Å². The van der Waals surface area contributed by atoms with Crippen LogP contribution in [-0.2, 0) is 0 Å². The molecule has 0 bridgehead atoms. The van der Waals surface area contributed by atoms with Gasteiger partial charge in [-0.25, -0.2) is 19.3 Å². The Morgan fingerprint density at radius 2 is 2.20 bits per heavy atom. The molecule has 20 heavy (non-hydrogen) atoms. The number of nitrogens with one attached hydrogen (secondary N) is 2. The lowest BCUT2D eigenvalue weighted by atomic mass is 10.2. The highest BCUT2D eigenvalue weighted by atomic mass is 19.1. The van der Waals surface area contributed by atoms with Crippen LogP contribution in [0.1, 0.15) is 5.56 Å². The van der Waals surface area contributed by atoms with Gasteiger partial charge in [0, 0.05) is 36.0 Å². The van der Waals surface area contributed by atoms with Gasteiger partial charge < -0.3 is 10.3 Å². The van der Waals surface area contributed by atoms with Gasteiger partial charge in [-0.15, -0.1) is 0 Å². The molecule has 2 N–H and O–H groups in total. The molecule has 0 unspecified atom stereocenters. The Kier molecular flexibility index (Phi) is 2.90. The number of pyridine rings is 1. The van der Waals surface area contributed by atoms with Gasteiger partial charge in [0.05, 0.1) is 6.20 Å². The van der Waals surface area contributed by atoms with E-state index in [2.05, 4.69) is 31.8 Å². The second kappa shape index (κ2) is 4.73. The lowest BCUT2D eigenvalue weighted by molar-refractivity contribution is 0.624. The lowest BCUT2D eigenvalue weighted by Crippen LogP contribution is -1.99. The normalized spacial score (nSPS) is 10.7. The number of rotatable bonds is 3. The minimum atomic E-state index is -0.394. The second-order valence-electron chi connectivity index (χ2n) is 4.20. The average molecular weight is 269 g/mol. The van der Waals surface area contributed by atoms with Crippen molar-refractivity contribution in [2.45, 2.75) is 0 Å². The molecule has 0 amide bonds. The highest BCUT2D eigenvalue weighted by Crippen LogP contribution is 2.27. The number of H-pyrrole nitrogens is 1. The van der Waals surface area contributed by atoms with Gasteiger partial charge in [-0.1, -0.05) is 12.7 Å². The molecule has 3 aromatic heterocycles. The molecule has 0 aliphatic heterocycles. The van der Waals surface area contributed by atoms with Crippen molar-refractivity contribution in [2.24, 2.45) is 0 Å². The number of aromatic amines is 1. The molecule has 0 saturated carbocycles. The van der Waals surface area contributed by atoms with Gasteiger partial charge in [0.15, 0.2) is 5.82 Å². The summed E-state index contributed by atoms with van der Waals surface area (Å²) in [6.07, 6.45) is 6.24. The van der Waals surface area contributed by atoms with Gasteiger partial charge >= 0.3 is 0 Å². The third kappa shape index (κ3) is 1.91. The maximum atomic E-state index is 13.3. The first-order valence-corrected chi connectivity index (χ1v) is 6.03. The molecule has 3 heterocycles. The van der Waals surface area contributed by atoms with Crippen molar-refractivity contribution in [2.75, 3.05) is 12.4 Å². The first-order chi connectivity index (χ1) is 9.72. The molecular weight excluding hydrogens is 257 g/mol. The van der Waals surface area contributed by atoms with Crippen LogP contribution in [0.5, 0.6) is 0 Å². The fourth-order valence-electron chi connectivity index (χ4n) is 2.03. The summed E-state index contributed by atoms with van der Waals surface area (Å²) >= 11 is 0. The van der Waals surface area contributed by atoms with Gasteiger partial charge in [0.2, 0.25) is 0 Å². The molecule has 0 aliphatic rings. The Balaban J connectivity index is 2.20. The lowest BCUT2D eigenvalue weighted by Gasteiger charge is -2.06. The number of aromatic nitrogens is 4. The topological polar surface area (TPSA) is 66.5 Å². The summed E-state index contributed by atoms with van der Waals surface area (Å²) in [4.78, 5) is 15.7. The van der Waals surface area contributed by atoms with E-state index in [1.54, 1.807) is 25.5 Å². The molecule has 6 heteroatoms. The highest BCUT2D eigenvalue weighted by Gasteiger charge is 2.12. The van der Waals surface area contributed by atoms with Crippen LogP contribution in [-0.4, -0.2) is 27.0 Å². The van der Waals surface area contributed by atoms with Crippen LogP contribution in [0.4, 0.5) is 10.2 Å². The fraction of sp³-hybridized carbons (Fsp3) is 0.0714. The van der Waals surface area contributed by atoms with E-state index >= 15 is 0 Å². The Labute approximate surface area is 114 Å². The van der Waals surface area contributed by atoms with Crippen molar-refractivity contribution < 1.29 is 4.39 Å². The predicted molar refractivity (Wildman–Crippen MR) is 76.7 cm³/mol. The first kappa shape index (κ1) is 12.3. The van der Waals surface area contributed by atoms with Gasteiger partial charge in [0.25, 0.3) is 0 Å². The smallest absolute Gasteiger partial charge is 0.163 e. The molecule has 3 rings (SSSR count). The largest absolute Gasteiger partial charge is 0.373 e. The van der Waals surface area contributed by atoms with Crippen LogP contribution in [0.2, 0.25) is 0 Å². The molecule has 0 saturated heterocycles. The summed E-state index contributed by atoms with van der Waals surface area (Å²) in [5.41, 5.74) is 2.11. The molecule has 0 spiro atoms. The first-order valence-electron chi connectivity index (χ1n) is 6.03. The van der Waals surface area contributed by atoms with Crippen LogP contribution < -0.4 is 5.32 Å². The zero-order chi connectivity index (χ0) is 14.1. The Morgan fingerprint density at radius 3 is 2.95 bits per heavy atom. The summed E-state index contributed by atoms with van der Waals surface area (Å²) in [7, 11) is 1.77. The Morgan fingerprint density at radius 1 is 1.35 bits per heavy atom. The van der Waals surface area contributed by atoms with E-state index in [9.17, 15) is 4.39 Å². The molecule has 0 radical (unpaired) electrons. The van der Waals surface area contributed by atoms with Gasteiger partial charge in [-0.2, -0.15) is 0 Å². The van der Waals surface area contributed by atoms with Crippen LogP contribution >= 0.6 is 0 Å². The van der Waals surface area contributed by atoms with E-state index in [1.807, 2.05) is 0 Å². The summed E-state index contributed by atoms with van der Waals surface area (Å²) in [6.45, 7) is 3.71. The number of hydrogen-bond acceptors (Lipinski definition) is 4. The minimum absolute atomic E-state index is 0.394. The Hall–Kier alpha value is -2.76. The quantitative estimate of drug-likeness (QED) is 0.767. The number of anilines is 1. The maximum Gasteiger partial charge on any atom is 0.163 e. The standard InChI is InChI=1S/C14H12FN5/c1-3-8-5-17-14(20-12(8)16-2)11-7-19-13-10(11)4-9(15)6-18-13/h3-7H,1H2,2H3,(H,18,19)(H,16,17,20). The van der Waals surface area contributed by atoms with Crippen molar-refractivity contribution in [3.05, 3.63) is 42.6 Å². The number of nitrogens with zero attached hydrogens (tertiary/aromatic N) is 3. The molecular formula is C14H12FN5. The highest BCUT2D eigenvalue weighted by molar-refractivity contribution is 5.91. The van der Waals surface area contributed by atoms with Crippen molar-refractivity contribution in [3.8, 4) is 11.4 Å². The predicted octanol–water partition coefficient (Wildman–Crippen LogP) is 2.84. The fourth-order valence-corrected chi connectivity index (χ4v) is 2.03. The summed E-state index contributed by atoms with van der Waals surface area (Å²) in [5.74, 6) is 0.775. The second-order valence-corrected chi connectivity index (χ2v) is 4.20. The number of fused-ring (bicyclic) bond motifs is 1. The summed E-state index contributed by atoms with van der Waals surface area (Å²) in [6, 6.07) is 1.41. The minimum Gasteiger partial charge on any atom is -0.373 e. The zero-order valence-electron chi connectivity index (χ0n) is 10.8. The van der Waals surface area contributed by atoms with Crippen molar-refractivity contribution in [1.82, 2.24) is 19.9 Å². The molecule has 0 fully saturated rings. The van der Waals surface area contributed by atoms with Gasteiger partial charge in [-0.05, 0) is 6.07 Å². The van der Waals surface area contributed by atoms with E-state index < -0.39 is 5.82 Å². The summed E-state index contributed by atoms with van der Waals surface area (Å²) in [5, 5.41) is 3.64. The Bertz CT molecular complexity index is 793. The summed E-state index contributed by atoms with van der Waals surface area (Å²) < 4.78 is 13.3. The molecule has 0 atom stereocenters. The monoisotopic (exact) mass is 269 g/mol. The van der Waals surface area contributed by atoms with E-state index in [-0.39, 0.29) is 0 Å². The van der Waals surface area contributed by atoms with E-state index in [4.69, 9.17) is 0 Å². The third-order valence-corrected chi connectivity index (χ3v) is 3.01. The maximum absolute atomic E-state index is 13.3. The van der Waals surface area contributed by atoms with Crippen LogP contribution in [0.3, 0.4) is 0 Å². The van der Waals surface area contributed by atoms with Crippen LogP contribution in [0.25, 0.3) is 28.5 Å². The molecule has 3 aromatic rings. The number of halogens is 1. The van der Waals surface area contributed by atoms with Crippen molar-refractivity contribution in [3.63, 3.8) is 0 Å². The molecule has 0 aliphatic carbocycles. The SMILES string of the molecule is C=Cc1cnc(-c2c[nH]c3ncc(F)cc23)nc1NC. The van der Waals surface area contributed by atoms with Gasteiger partial charge in [-0.3, -0.25) is 0 Å². The average Bonchev–Trinajstić information content (AvgIpc) is 2.89. The van der Waals surface area contributed by atoms with Crippen molar-refractivity contribution >= 4 is 22.9 Å². The zero-order valence-corrected chi connectivity index (χ0v) is 10.8. The van der Waals surface area contributed by atoms with Gasteiger partial charge in [0.1, 0.15) is 17.3 Å². The third-order valence-electron chi connectivity index (χ3n) is 3.01. The van der Waals surface area contributed by atoms with E-state index in [0.29, 0.717) is 28.2 Å². The molecule has 100 valence electrons. The van der Waals surface area contributed by atoms with Crippen LogP contribution in [0, 0.1) is 5.82 Å². The number of hydrogen-bond donors (Lipinski definition) is 2. The molecule has 0 aromatic carbocycles. The van der Waals surface area contributed by atoms with E-state index in [0.717, 1.165) is 5.56 Å². The van der Waals surface area contributed by atoms with E-state index in [1.165, 1.54) is 12.3 Å². The van der Waals surface area contributed by atoms with Crippen molar-refractivity contribution in [1.29, 1.82) is 0 Å². The molecule has 5 nitrogen and oxygen atoms in total.